The van der Waals surface area contributed by atoms with Gasteiger partial charge < -0.3 is 15.4 Å². The molecule has 0 atom stereocenters. The Hall–Kier alpha value is -2.04. The van der Waals surface area contributed by atoms with Gasteiger partial charge in [0.25, 0.3) is 0 Å². The van der Waals surface area contributed by atoms with Gasteiger partial charge in [-0.25, -0.2) is 0 Å². The van der Waals surface area contributed by atoms with Gasteiger partial charge >= 0.3 is 0 Å². The fraction of sp³-hybridized carbons (Fsp3) is 0.600. The third-order valence-electron chi connectivity index (χ3n) is 5.10. The number of nitrogens with one attached hydrogen (secondary N) is 2. The van der Waals surface area contributed by atoms with Crippen molar-refractivity contribution >= 4 is 23.2 Å². The van der Waals surface area contributed by atoms with Gasteiger partial charge in [0.05, 0.1) is 12.8 Å². The maximum atomic E-state index is 12.7. The molecule has 0 bridgehead atoms. The molecule has 1 aliphatic rings. The van der Waals surface area contributed by atoms with Crippen molar-refractivity contribution in [2.45, 2.75) is 53.4 Å². The van der Waals surface area contributed by atoms with Crippen LogP contribution in [0.4, 0.5) is 11.4 Å². The topological polar surface area (TPSA) is 67.4 Å². The number of amides is 2. The van der Waals surface area contributed by atoms with Gasteiger partial charge in [0, 0.05) is 18.5 Å². The van der Waals surface area contributed by atoms with E-state index in [4.69, 9.17) is 4.74 Å². The standard InChI is InChI=1S/C20H30N2O3/c1-13(23)21-16-10-11-18(25-5)17(12-16)22-19(24)14-6-8-15(9-7-14)20(2,3)4/h10-12,14-15H,6-9H2,1-5H3,(H,21,23)(H,22,24). The van der Waals surface area contributed by atoms with Crippen LogP contribution in [0.1, 0.15) is 53.4 Å². The number of carbonyl (C=O) groups is 2. The summed E-state index contributed by atoms with van der Waals surface area (Å²) in [5.41, 5.74) is 1.54. The van der Waals surface area contributed by atoms with Gasteiger partial charge in [-0.1, -0.05) is 20.8 Å². The van der Waals surface area contributed by atoms with Gasteiger partial charge in [-0.15, -0.1) is 0 Å². The predicted molar refractivity (Wildman–Crippen MR) is 101 cm³/mol. The monoisotopic (exact) mass is 346 g/mol. The molecule has 0 aliphatic heterocycles. The van der Waals surface area contributed by atoms with Crippen molar-refractivity contribution < 1.29 is 14.3 Å². The van der Waals surface area contributed by atoms with Gasteiger partial charge in [0.2, 0.25) is 11.8 Å². The molecular weight excluding hydrogens is 316 g/mol. The van der Waals surface area contributed by atoms with Crippen molar-refractivity contribution in [2.75, 3.05) is 17.7 Å². The van der Waals surface area contributed by atoms with Crippen LogP contribution < -0.4 is 15.4 Å². The molecule has 0 saturated heterocycles. The van der Waals surface area contributed by atoms with Gasteiger partial charge in [-0.2, -0.15) is 0 Å². The van der Waals surface area contributed by atoms with Crippen molar-refractivity contribution in [1.82, 2.24) is 0 Å². The molecule has 0 unspecified atom stereocenters. The molecule has 5 heteroatoms. The Morgan fingerprint density at radius 3 is 2.24 bits per heavy atom. The third kappa shape index (κ3) is 5.21. The van der Waals surface area contributed by atoms with E-state index in [2.05, 4.69) is 31.4 Å². The molecule has 138 valence electrons. The maximum Gasteiger partial charge on any atom is 0.227 e. The number of methoxy groups -OCH3 is 1. The average Bonchev–Trinajstić information content (AvgIpc) is 2.54. The lowest BCUT2D eigenvalue weighted by atomic mass is 9.69. The highest BCUT2D eigenvalue weighted by molar-refractivity contribution is 5.96. The van der Waals surface area contributed by atoms with Crippen LogP contribution >= 0.6 is 0 Å². The van der Waals surface area contributed by atoms with Crippen molar-refractivity contribution in [2.24, 2.45) is 17.3 Å². The predicted octanol–water partition coefficient (Wildman–Crippen LogP) is 4.44. The number of rotatable bonds is 4. The summed E-state index contributed by atoms with van der Waals surface area (Å²) in [4.78, 5) is 23.9. The highest BCUT2D eigenvalue weighted by atomic mass is 16.5. The summed E-state index contributed by atoms with van der Waals surface area (Å²) in [7, 11) is 1.57. The number of hydrogen-bond acceptors (Lipinski definition) is 3. The van der Waals surface area contributed by atoms with E-state index in [0.29, 0.717) is 28.5 Å². The first-order valence-electron chi connectivity index (χ1n) is 8.97. The Morgan fingerprint density at radius 1 is 1.08 bits per heavy atom. The van der Waals surface area contributed by atoms with Gasteiger partial charge in [0.1, 0.15) is 5.75 Å². The smallest absolute Gasteiger partial charge is 0.227 e. The number of anilines is 2. The molecule has 2 amide bonds. The van der Waals surface area contributed by atoms with E-state index in [1.165, 1.54) is 6.92 Å². The number of hydrogen-bond donors (Lipinski definition) is 2. The minimum absolute atomic E-state index is 0.0330. The van der Waals surface area contributed by atoms with E-state index in [1.807, 2.05) is 0 Å². The van der Waals surface area contributed by atoms with Crippen LogP contribution in [0, 0.1) is 17.3 Å². The molecule has 0 radical (unpaired) electrons. The van der Waals surface area contributed by atoms with Crippen molar-refractivity contribution in [1.29, 1.82) is 0 Å². The Labute approximate surface area is 150 Å². The van der Waals surface area contributed by atoms with Crippen LogP contribution in [-0.4, -0.2) is 18.9 Å². The molecular formula is C20H30N2O3. The van der Waals surface area contributed by atoms with Gasteiger partial charge in [-0.3, -0.25) is 9.59 Å². The number of ether oxygens (including phenoxy) is 1. The van der Waals surface area contributed by atoms with Crippen LogP contribution in [0.5, 0.6) is 5.75 Å². The zero-order chi connectivity index (χ0) is 18.6. The zero-order valence-corrected chi connectivity index (χ0v) is 15.9. The first-order chi connectivity index (χ1) is 11.7. The molecule has 2 rings (SSSR count). The summed E-state index contributed by atoms with van der Waals surface area (Å²) < 4.78 is 5.33. The van der Waals surface area contributed by atoms with E-state index < -0.39 is 0 Å². The van der Waals surface area contributed by atoms with E-state index in [-0.39, 0.29) is 17.7 Å². The maximum absolute atomic E-state index is 12.7. The van der Waals surface area contributed by atoms with Crippen LogP contribution in [0.3, 0.4) is 0 Å². The molecule has 1 fully saturated rings. The second kappa shape index (κ2) is 7.89. The highest BCUT2D eigenvalue weighted by Gasteiger charge is 2.32. The van der Waals surface area contributed by atoms with Crippen LogP contribution in [0.15, 0.2) is 18.2 Å². The Balaban J connectivity index is 2.04. The molecule has 5 nitrogen and oxygen atoms in total. The molecule has 1 aliphatic carbocycles. The first-order valence-corrected chi connectivity index (χ1v) is 8.97. The van der Waals surface area contributed by atoms with E-state index in [0.717, 1.165) is 25.7 Å². The first kappa shape index (κ1) is 19.3. The Kier molecular flexibility index (Phi) is 6.09. The molecule has 25 heavy (non-hydrogen) atoms. The van der Waals surface area contributed by atoms with Crippen LogP contribution in [-0.2, 0) is 9.59 Å². The van der Waals surface area contributed by atoms with Crippen molar-refractivity contribution in [3.63, 3.8) is 0 Å². The fourth-order valence-electron chi connectivity index (χ4n) is 3.54. The molecule has 1 saturated carbocycles. The summed E-state index contributed by atoms with van der Waals surface area (Å²) in [5.74, 6) is 1.18. The van der Waals surface area contributed by atoms with Gasteiger partial charge in [0.15, 0.2) is 0 Å². The fourth-order valence-corrected chi connectivity index (χ4v) is 3.54. The second-order valence-corrected chi connectivity index (χ2v) is 8.00. The molecule has 1 aromatic rings. The second-order valence-electron chi connectivity index (χ2n) is 8.00. The highest BCUT2D eigenvalue weighted by Crippen LogP contribution is 2.40. The largest absolute Gasteiger partial charge is 0.495 e. The minimum atomic E-state index is -0.150. The molecule has 0 spiro atoms. The number of benzene rings is 1. The molecule has 0 aromatic heterocycles. The lowest BCUT2D eigenvalue weighted by Gasteiger charge is -2.36. The Bertz CT molecular complexity index is 626. The summed E-state index contributed by atoms with van der Waals surface area (Å²) >= 11 is 0. The SMILES string of the molecule is COc1ccc(NC(C)=O)cc1NC(=O)C1CCC(C(C)(C)C)CC1. The van der Waals surface area contributed by atoms with Crippen LogP contribution in [0.25, 0.3) is 0 Å². The lowest BCUT2D eigenvalue weighted by Crippen LogP contribution is -2.31. The Morgan fingerprint density at radius 2 is 1.72 bits per heavy atom. The van der Waals surface area contributed by atoms with Gasteiger partial charge in [-0.05, 0) is 55.2 Å². The van der Waals surface area contributed by atoms with Crippen LogP contribution in [0.2, 0.25) is 0 Å². The zero-order valence-electron chi connectivity index (χ0n) is 15.9. The van der Waals surface area contributed by atoms with E-state index in [9.17, 15) is 9.59 Å². The minimum Gasteiger partial charge on any atom is -0.495 e. The summed E-state index contributed by atoms with van der Waals surface area (Å²) in [6.45, 7) is 8.28. The molecule has 2 N–H and O–H groups in total. The lowest BCUT2D eigenvalue weighted by molar-refractivity contribution is -0.121. The summed E-state index contributed by atoms with van der Waals surface area (Å²) in [6.07, 6.45) is 4.01. The number of carbonyl (C=O) groups excluding carboxylic acids is 2. The molecule has 1 aromatic carbocycles. The third-order valence-corrected chi connectivity index (χ3v) is 5.10. The summed E-state index contributed by atoms with van der Waals surface area (Å²) in [5, 5.41) is 5.71. The van der Waals surface area contributed by atoms with Crippen molar-refractivity contribution in [3.05, 3.63) is 18.2 Å². The van der Waals surface area contributed by atoms with E-state index >= 15 is 0 Å². The average molecular weight is 346 g/mol. The van der Waals surface area contributed by atoms with E-state index in [1.54, 1.807) is 25.3 Å². The van der Waals surface area contributed by atoms with Crippen molar-refractivity contribution in [3.8, 4) is 5.75 Å². The quantitative estimate of drug-likeness (QED) is 0.846. The normalized spacial score (nSPS) is 20.7. The summed E-state index contributed by atoms with van der Waals surface area (Å²) in [6, 6.07) is 5.24. The molecule has 0 heterocycles.